The molecule has 0 aliphatic rings. The van der Waals surface area contributed by atoms with Crippen molar-refractivity contribution in [2.24, 2.45) is 0 Å². The lowest BCUT2D eigenvalue weighted by atomic mass is 10.2. The minimum atomic E-state index is 0.0294. The average molecular weight is 204 g/mol. The molecule has 0 saturated carbocycles. The predicted octanol–water partition coefficient (Wildman–Crippen LogP) is 0.520. The van der Waals surface area contributed by atoms with Crippen LogP contribution in [-0.4, -0.2) is 26.5 Å². The van der Waals surface area contributed by atoms with Crippen LogP contribution in [0.4, 0.5) is 5.82 Å². The molecule has 0 atom stereocenters. The van der Waals surface area contributed by atoms with Gasteiger partial charge in [-0.15, -0.1) is 0 Å². The summed E-state index contributed by atoms with van der Waals surface area (Å²) in [5, 5.41) is 13.1. The van der Waals surface area contributed by atoms with Gasteiger partial charge in [-0.25, -0.2) is 4.68 Å². The van der Waals surface area contributed by atoms with Gasteiger partial charge in [-0.2, -0.15) is 5.10 Å². The maximum atomic E-state index is 8.80. The van der Waals surface area contributed by atoms with Crippen molar-refractivity contribution in [3.05, 3.63) is 30.6 Å². The smallest absolute Gasteiger partial charge is 0.122 e. The number of rotatable bonds is 3. The molecule has 0 bridgehead atoms. The molecule has 0 amide bonds. The highest BCUT2D eigenvalue weighted by molar-refractivity contribution is 5.61. The fraction of sp³-hybridized carbons (Fsp3) is 0.200. The zero-order valence-corrected chi connectivity index (χ0v) is 8.17. The Hall–Kier alpha value is -1.88. The molecule has 2 aromatic rings. The zero-order chi connectivity index (χ0) is 10.7. The summed E-state index contributed by atoms with van der Waals surface area (Å²) >= 11 is 0. The van der Waals surface area contributed by atoms with Crippen LogP contribution in [0.5, 0.6) is 0 Å². The largest absolute Gasteiger partial charge is 0.394 e. The number of nitrogens with two attached hydrogens (primary N) is 1. The topological polar surface area (TPSA) is 77.0 Å². The molecule has 0 aliphatic heterocycles. The van der Waals surface area contributed by atoms with Crippen molar-refractivity contribution >= 4 is 5.82 Å². The maximum absolute atomic E-state index is 8.80. The van der Waals surface area contributed by atoms with E-state index in [1.165, 1.54) is 0 Å². The van der Waals surface area contributed by atoms with Crippen LogP contribution in [0.3, 0.4) is 0 Å². The van der Waals surface area contributed by atoms with Gasteiger partial charge in [-0.3, -0.25) is 4.98 Å². The maximum Gasteiger partial charge on any atom is 0.122 e. The number of hydrogen-bond acceptors (Lipinski definition) is 4. The van der Waals surface area contributed by atoms with E-state index in [0.29, 0.717) is 12.4 Å². The van der Waals surface area contributed by atoms with Crippen molar-refractivity contribution in [1.82, 2.24) is 14.8 Å². The highest BCUT2D eigenvalue weighted by Crippen LogP contribution is 2.18. The Morgan fingerprint density at radius 2 is 2.07 bits per heavy atom. The number of hydrogen-bond donors (Lipinski definition) is 2. The summed E-state index contributed by atoms with van der Waals surface area (Å²) in [6, 6.07) is 5.51. The van der Waals surface area contributed by atoms with Gasteiger partial charge in [0.2, 0.25) is 0 Å². The number of nitrogens with zero attached hydrogens (tertiary/aromatic N) is 3. The number of pyridine rings is 1. The number of aliphatic hydroxyl groups excluding tert-OH is 1. The number of aromatic nitrogens is 3. The summed E-state index contributed by atoms with van der Waals surface area (Å²) in [4.78, 5) is 3.93. The summed E-state index contributed by atoms with van der Waals surface area (Å²) in [5.41, 5.74) is 7.50. The predicted molar refractivity (Wildman–Crippen MR) is 57.0 cm³/mol. The minimum absolute atomic E-state index is 0.0294. The van der Waals surface area contributed by atoms with Crippen molar-refractivity contribution < 1.29 is 5.11 Å². The first-order valence-corrected chi connectivity index (χ1v) is 4.66. The molecule has 0 fully saturated rings. The van der Waals surface area contributed by atoms with Crippen LogP contribution in [0.25, 0.3) is 11.3 Å². The van der Waals surface area contributed by atoms with Crippen LogP contribution in [0.2, 0.25) is 0 Å². The van der Waals surface area contributed by atoms with Gasteiger partial charge in [0.15, 0.2) is 0 Å². The van der Waals surface area contributed by atoms with E-state index in [9.17, 15) is 0 Å². The molecular formula is C10H12N4O. The molecule has 2 aromatic heterocycles. The quantitative estimate of drug-likeness (QED) is 0.764. The molecular weight excluding hydrogens is 192 g/mol. The third kappa shape index (κ3) is 1.97. The normalized spacial score (nSPS) is 10.5. The second-order valence-electron chi connectivity index (χ2n) is 3.14. The lowest BCUT2D eigenvalue weighted by Crippen LogP contribution is -2.07. The molecule has 2 rings (SSSR count). The van der Waals surface area contributed by atoms with Crippen LogP contribution in [0, 0.1) is 0 Å². The second kappa shape index (κ2) is 4.10. The summed E-state index contributed by atoms with van der Waals surface area (Å²) in [6.07, 6.45) is 3.41. The highest BCUT2D eigenvalue weighted by atomic mass is 16.3. The van der Waals surface area contributed by atoms with Gasteiger partial charge in [-0.1, -0.05) is 0 Å². The molecule has 78 valence electrons. The number of nitrogen functional groups attached to an aromatic ring is 1. The Bertz CT molecular complexity index is 438. The average Bonchev–Trinajstić information content (AvgIpc) is 2.63. The van der Waals surface area contributed by atoms with Crippen LogP contribution >= 0.6 is 0 Å². The van der Waals surface area contributed by atoms with E-state index in [1.54, 1.807) is 23.1 Å². The van der Waals surface area contributed by atoms with Gasteiger partial charge in [0.25, 0.3) is 0 Å². The van der Waals surface area contributed by atoms with E-state index in [4.69, 9.17) is 10.8 Å². The molecule has 3 N–H and O–H groups in total. The van der Waals surface area contributed by atoms with Crippen molar-refractivity contribution in [2.75, 3.05) is 12.3 Å². The Morgan fingerprint density at radius 1 is 1.33 bits per heavy atom. The van der Waals surface area contributed by atoms with Crippen molar-refractivity contribution in [3.63, 3.8) is 0 Å². The third-order valence-corrected chi connectivity index (χ3v) is 2.10. The summed E-state index contributed by atoms with van der Waals surface area (Å²) in [6.45, 7) is 0.443. The van der Waals surface area contributed by atoms with Gasteiger partial charge in [0, 0.05) is 24.0 Å². The molecule has 0 radical (unpaired) electrons. The lowest BCUT2D eigenvalue weighted by molar-refractivity contribution is 0.270. The van der Waals surface area contributed by atoms with Crippen LogP contribution in [0.15, 0.2) is 30.6 Å². The standard InChI is InChI=1S/C10H12N4O/c11-10-7-9(13-14(10)5-6-15)8-1-3-12-4-2-8/h1-4,7,15H,5-6,11H2. The molecule has 0 aromatic carbocycles. The first kappa shape index (κ1) is 9.67. The first-order valence-electron chi connectivity index (χ1n) is 4.66. The van der Waals surface area contributed by atoms with E-state index in [0.717, 1.165) is 11.3 Å². The van der Waals surface area contributed by atoms with E-state index in [-0.39, 0.29) is 6.61 Å². The van der Waals surface area contributed by atoms with E-state index in [1.807, 2.05) is 12.1 Å². The van der Waals surface area contributed by atoms with Crippen molar-refractivity contribution in [2.45, 2.75) is 6.54 Å². The fourth-order valence-electron chi connectivity index (χ4n) is 1.37. The summed E-state index contributed by atoms with van der Waals surface area (Å²) < 4.78 is 1.58. The van der Waals surface area contributed by atoms with Gasteiger partial charge < -0.3 is 10.8 Å². The molecule has 0 saturated heterocycles. The number of aliphatic hydroxyl groups is 1. The minimum Gasteiger partial charge on any atom is -0.394 e. The molecule has 5 nitrogen and oxygen atoms in total. The molecule has 2 heterocycles. The van der Waals surface area contributed by atoms with Crippen LogP contribution in [0.1, 0.15) is 0 Å². The van der Waals surface area contributed by atoms with Crippen LogP contribution in [-0.2, 0) is 6.54 Å². The third-order valence-electron chi connectivity index (χ3n) is 2.10. The van der Waals surface area contributed by atoms with Gasteiger partial charge in [0.1, 0.15) is 5.82 Å². The number of anilines is 1. The molecule has 15 heavy (non-hydrogen) atoms. The molecule has 0 unspecified atom stereocenters. The highest BCUT2D eigenvalue weighted by Gasteiger charge is 2.05. The summed E-state index contributed by atoms with van der Waals surface area (Å²) in [5.74, 6) is 0.552. The van der Waals surface area contributed by atoms with Gasteiger partial charge >= 0.3 is 0 Å². The van der Waals surface area contributed by atoms with Gasteiger partial charge in [0.05, 0.1) is 18.8 Å². The zero-order valence-electron chi connectivity index (χ0n) is 8.17. The lowest BCUT2D eigenvalue weighted by Gasteiger charge is -1.99. The van der Waals surface area contributed by atoms with E-state index >= 15 is 0 Å². The monoisotopic (exact) mass is 204 g/mol. The Labute approximate surface area is 87.2 Å². The fourth-order valence-corrected chi connectivity index (χ4v) is 1.37. The SMILES string of the molecule is Nc1cc(-c2ccncc2)nn1CCO. The molecule has 0 aliphatic carbocycles. The second-order valence-corrected chi connectivity index (χ2v) is 3.14. The van der Waals surface area contributed by atoms with E-state index < -0.39 is 0 Å². The Kier molecular flexibility index (Phi) is 2.64. The molecule has 0 spiro atoms. The molecule has 5 heteroatoms. The Morgan fingerprint density at radius 3 is 2.73 bits per heavy atom. The van der Waals surface area contributed by atoms with Crippen molar-refractivity contribution in [3.8, 4) is 11.3 Å². The summed E-state index contributed by atoms with van der Waals surface area (Å²) in [7, 11) is 0. The van der Waals surface area contributed by atoms with E-state index in [2.05, 4.69) is 10.1 Å². The first-order chi connectivity index (χ1) is 7.31. The Balaban J connectivity index is 2.34. The van der Waals surface area contributed by atoms with Crippen LogP contribution < -0.4 is 5.73 Å². The van der Waals surface area contributed by atoms with Gasteiger partial charge in [-0.05, 0) is 12.1 Å². The van der Waals surface area contributed by atoms with Crippen molar-refractivity contribution in [1.29, 1.82) is 0 Å².